The number of hydrogen-bond donors (Lipinski definition) is 1. The van der Waals surface area contributed by atoms with Gasteiger partial charge in [0.15, 0.2) is 0 Å². The van der Waals surface area contributed by atoms with Crippen molar-refractivity contribution >= 4 is 12.1 Å². The molecule has 0 radical (unpaired) electrons. The van der Waals surface area contributed by atoms with Crippen molar-refractivity contribution in [1.82, 2.24) is 0 Å². The molecule has 0 saturated carbocycles. The van der Waals surface area contributed by atoms with Gasteiger partial charge in [0.05, 0.1) is 0 Å². The molecule has 1 heterocycles. The fourth-order valence-corrected chi connectivity index (χ4v) is 1.15. The first-order valence-corrected chi connectivity index (χ1v) is 4.67. The lowest BCUT2D eigenvalue weighted by atomic mass is 9.99. The predicted molar refractivity (Wildman–Crippen MR) is 53.9 cm³/mol. The summed E-state index contributed by atoms with van der Waals surface area (Å²) in [6.07, 6.45) is 3.87. The van der Waals surface area contributed by atoms with Crippen LogP contribution in [0, 0.1) is 5.92 Å². The Labute approximate surface area is 78.9 Å². The van der Waals surface area contributed by atoms with Crippen LogP contribution < -0.4 is 5.73 Å². The van der Waals surface area contributed by atoms with E-state index in [1.165, 1.54) is 0 Å². The normalized spacial score (nSPS) is 23.6. The first-order valence-electron chi connectivity index (χ1n) is 4.67. The minimum atomic E-state index is 0.0933. The van der Waals surface area contributed by atoms with Crippen molar-refractivity contribution < 1.29 is 4.84 Å². The van der Waals surface area contributed by atoms with Crippen molar-refractivity contribution in [3.63, 3.8) is 0 Å². The van der Waals surface area contributed by atoms with E-state index in [1.807, 2.05) is 20.1 Å². The van der Waals surface area contributed by atoms with E-state index in [0.29, 0.717) is 11.8 Å². The van der Waals surface area contributed by atoms with Crippen LogP contribution >= 0.6 is 0 Å². The van der Waals surface area contributed by atoms with Gasteiger partial charge in [0.2, 0.25) is 0 Å². The topological polar surface area (TPSA) is 60.0 Å². The summed E-state index contributed by atoms with van der Waals surface area (Å²) in [5.41, 5.74) is 5.76. The average molecular weight is 183 g/mol. The number of nitrogens with zero attached hydrogens (tertiary/aromatic N) is 2. The van der Waals surface area contributed by atoms with E-state index in [-0.39, 0.29) is 6.10 Å². The molecule has 1 rings (SSSR count). The third kappa shape index (κ3) is 3.44. The molecule has 0 bridgehead atoms. The van der Waals surface area contributed by atoms with Crippen LogP contribution in [0.4, 0.5) is 0 Å². The molecule has 4 nitrogen and oxygen atoms in total. The molecule has 2 N–H and O–H groups in total. The highest BCUT2D eigenvalue weighted by Crippen LogP contribution is 2.11. The minimum absolute atomic E-state index is 0.0933. The molecule has 4 heteroatoms. The molecule has 1 aliphatic rings. The van der Waals surface area contributed by atoms with Crippen LogP contribution in [0.15, 0.2) is 10.1 Å². The zero-order valence-electron chi connectivity index (χ0n) is 8.23. The Kier molecular flexibility index (Phi) is 3.73. The summed E-state index contributed by atoms with van der Waals surface area (Å²) in [5.74, 6) is 0.913. The van der Waals surface area contributed by atoms with E-state index in [1.54, 1.807) is 0 Å². The van der Waals surface area contributed by atoms with Crippen molar-refractivity contribution in [2.75, 3.05) is 6.54 Å². The van der Waals surface area contributed by atoms with E-state index in [0.717, 1.165) is 19.4 Å². The second-order valence-electron chi connectivity index (χ2n) is 3.48. The summed E-state index contributed by atoms with van der Waals surface area (Å²) in [6.45, 7) is 4.71. The smallest absolute Gasteiger partial charge is 0.142 e. The summed E-state index contributed by atoms with van der Waals surface area (Å²) in [4.78, 5) is 9.20. The maximum Gasteiger partial charge on any atom is 0.142 e. The van der Waals surface area contributed by atoms with Gasteiger partial charge in [0.1, 0.15) is 11.9 Å². The van der Waals surface area contributed by atoms with Gasteiger partial charge in [-0.25, -0.2) is 0 Å². The third-order valence-corrected chi connectivity index (χ3v) is 1.91. The lowest BCUT2D eigenvalue weighted by molar-refractivity contribution is 0.0842. The summed E-state index contributed by atoms with van der Waals surface area (Å²) in [7, 11) is 0. The predicted octanol–water partition coefficient (Wildman–Crippen LogP) is 1.16. The Balaban J connectivity index is 2.41. The fourth-order valence-electron chi connectivity index (χ4n) is 1.15. The van der Waals surface area contributed by atoms with Gasteiger partial charge in [0, 0.05) is 12.5 Å². The minimum Gasteiger partial charge on any atom is -0.392 e. The van der Waals surface area contributed by atoms with Crippen LogP contribution in [0.1, 0.15) is 26.7 Å². The van der Waals surface area contributed by atoms with Gasteiger partial charge >= 0.3 is 0 Å². The molecule has 1 atom stereocenters. The second-order valence-corrected chi connectivity index (χ2v) is 3.48. The molecule has 0 aromatic carbocycles. The first-order chi connectivity index (χ1) is 6.20. The average Bonchev–Trinajstić information content (AvgIpc) is 2.15. The van der Waals surface area contributed by atoms with Gasteiger partial charge in [-0.05, 0) is 32.9 Å². The quantitative estimate of drug-likeness (QED) is 0.405. The van der Waals surface area contributed by atoms with Crippen LogP contribution in [-0.4, -0.2) is 24.7 Å². The van der Waals surface area contributed by atoms with E-state index in [9.17, 15) is 0 Å². The molecule has 0 aromatic rings. The molecule has 0 amide bonds. The Morgan fingerprint density at radius 3 is 3.00 bits per heavy atom. The highest BCUT2D eigenvalue weighted by atomic mass is 16.6. The molecule has 0 aliphatic carbocycles. The Morgan fingerprint density at radius 1 is 1.69 bits per heavy atom. The zero-order chi connectivity index (χ0) is 9.68. The fraction of sp³-hybridized carbons (Fsp3) is 0.778. The molecule has 0 saturated heterocycles. The molecule has 1 aliphatic heterocycles. The third-order valence-electron chi connectivity index (χ3n) is 1.91. The largest absolute Gasteiger partial charge is 0.392 e. The van der Waals surface area contributed by atoms with Gasteiger partial charge in [-0.3, -0.25) is 4.99 Å². The van der Waals surface area contributed by atoms with Crippen molar-refractivity contribution in [2.24, 2.45) is 21.8 Å². The van der Waals surface area contributed by atoms with Crippen molar-refractivity contribution in [2.45, 2.75) is 32.8 Å². The van der Waals surface area contributed by atoms with E-state index in [4.69, 9.17) is 10.6 Å². The van der Waals surface area contributed by atoms with Crippen molar-refractivity contribution in [3.8, 4) is 0 Å². The number of nitrogens with two attached hydrogens (primary N) is 1. The lowest BCUT2D eigenvalue weighted by Crippen LogP contribution is -2.27. The zero-order valence-corrected chi connectivity index (χ0v) is 8.23. The van der Waals surface area contributed by atoms with E-state index < -0.39 is 0 Å². The monoisotopic (exact) mass is 183 g/mol. The van der Waals surface area contributed by atoms with Crippen LogP contribution in [0.25, 0.3) is 0 Å². The van der Waals surface area contributed by atoms with Crippen molar-refractivity contribution in [3.05, 3.63) is 0 Å². The summed E-state index contributed by atoms with van der Waals surface area (Å²) in [5, 5.41) is 3.88. The highest BCUT2D eigenvalue weighted by Gasteiger charge is 2.15. The van der Waals surface area contributed by atoms with Crippen LogP contribution in [0.2, 0.25) is 0 Å². The lowest BCUT2D eigenvalue weighted by Gasteiger charge is -2.16. The number of rotatable bonds is 3. The first kappa shape index (κ1) is 10.0. The maximum absolute atomic E-state index is 5.76. The van der Waals surface area contributed by atoms with E-state index >= 15 is 0 Å². The molecule has 13 heavy (non-hydrogen) atoms. The molecule has 0 spiro atoms. The van der Waals surface area contributed by atoms with Crippen LogP contribution in [0.3, 0.4) is 0 Å². The molecule has 0 unspecified atom stereocenters. The summed E-state index contributed by atoms with van der Waals surface area (Å²) < 4.78 is 0. The molecule has 0 fully saturated rings. The molecular weight excluding hydrogens is 166 g/mol. The van der Waals surface area contributed by atoms with Gasteiger partial charge < -0.3 is 10.6 Å². The highest BCUT2D eigenvalue weighted by molar-refractivity contribution is 5.85. The Morgan fingerprint density at radius 2 is 2.46 bits per heavy atom. The molecular formula is C9H17N3O. The summed E-state index contributed by atoms with van der Waals surface area (Å²) in [6, 6.07) is 0. The molecule has 74 valence electrons. The van der Waals surface area contributed by atoms with Gasteiger partial charge in [0.25, 0.3) is 0 Å². The number of aliphatic imine (C=N–C) groups is 1. The van der Waals surface area contributed by atoms with Gasteiger partial charge in [-0.1, -0.05) is 5.16 Å². The number of hydrogen-bond acceptors (Lipinski definition) is 3. The summed E-state index contributed by atoms with van der Waals surface area (Å²) >= 11 is 0. The number of amidine groups is 1. The maximum atomic E-state index is 5.76. The van der Waals surface area contributed by atoms with Crippen molar-refractivity contribution in [1.29, 1.82) is 0 Å². The molecule has 0 aromatic heterocycles. The number of oxime groups is 1. The van der Waals surface area contributed by atoms with Gasteiger partial charge in [-0.15, -0.1) is 0 Å². The van der Waals surface area contributed by atoms with Crippen LogP contribution in [-0.2, 0) is 4.84 Å². The Bertz CT molecular complexity index is 211. The van der Waals surface area contributed by atoms with Gasteiger partial charge in [-0.2, -0.15) is 0 Å². The standard InChI is InChI=1S/C9H17N3O/c1-7(2)13-12-9(10)8-3-5-11-6-4-8/h5,7-8H,3-4,6H2,1-2H3,(H2,10,12)/t8-/m0/s1. The Hall–Kier alpha value is -1.06. The van der Waals surface area contributed by atoms with Crippen LogP contribution in [0.5, 0.6) is 0 Å². The van der Waals surface area contributed by atoms with E-state index in [2.05, 4.69) is 10.1 Å². The SMILES string of the molecule is CC(C)O/N=C(\N)[C@H]1CC=NCC1. The second kappa shape index (κ2) is 4.84.